The number of fused-ring (bicyclic) bond motifs is 1. The third-order valence-electron chi connectivity index (χ3n) is 5.33. The monoisotopic (exact) mass is 384 g/mol. The Morgan fingerprint density at radius 1 is 0.966 bits per heavy atom. The van der Waals surface area contributed by atoms with Gasteiger partial charge < -0.3 is 4.90 Å². The Kier molecular flexibility index (Phi) is 5.12. The van der Waals surface area contributed by atoms with E-state index >= 15 is 0 Å². The van der Waals surface area contributed by atoms with Crippen molar-refractivity contribution in [2.45, 2.75) is 33.4 Å². The summed E-state index contributed by atoms with van der Waals surface area (Å²) in [6.45, 7) is 6.50. The topological polar surface area (TPSA) is 51.0 Å². The summed E-state index contributed by atoms with van der Waals surface area (Å²) in [5, 5.41) is 8.58. The fourth-order valence-electron chi connectivity index (χ4n) is 3.48. The van der Waals surface area contributed by atoms with Gasteiger partial charge in [0, 0.05) is 5.69 Å². The van der Waals surface area contributed by atoms with Crippen molar-refractivity contribution in [1.29, 1.82) is 0 Å². The van der Waals surface area contributed by atoms with Crippen molar-refractivity contribution in [3.63, 3.8) is 0 Å². The molecule has 1 heterocycles. The van der Waals surface area contributed by atoms with E-state index in [0.29, 0.717) is 6.54 Å². The molecule has 0 aliphatic heterocycles. The smallest absolute Gasteiger partial charge is 0.251 e. The average molecular weight is 384 g/mol. The fourth-order valence-corrected chi connectivity index (χ4v) is 3.48. The van der Waals surface area contributed by atoms with E-state index in [4.69, 9.17) is 0 Å². The Balaban J connectivity index is 1.71. The van der Waals surface area contributed by atoms with Crippen LogP contribution < -0.4 is 4.90 Å². The minimum Gasteiger partial charge on any atom is -0.306 e. The summed E-state index contributed by atoms with van der Waals surface area (Å²) in [7, 11) is 0. The van der Waals surface area contributed by atoms with Crippen LogP contribution >= 0.6 is 0 Å². The maximum absolute atomic E-state index is 13.6. The van der Waals surface area contributed by atoms with Crippen LogP contribution in [0.4, 0.5) is 5.69 Å². The van der Waals surface area contributed by atoms with Gasteiger partial charge >= 0.3 is 0 Å². The summed E-state index contributed by atoms with van der Waals surface area (Å²) >= 11 is 0. The normalized spacial score (nSPS) is 12.1. The van der Waals surface area contributed by atoms with Gasteiger partial charge in [0.05, 0.1) is 12.1 Å². The zero-order chi connectivity index (χ0) is 20.4. The minimum atomic E-state index is -0.481. The molecule has 5 heteroatoms. The Labute approximate surface area is 170 Å². The minimum absolute atomic E-state index is 0.0231. The number of aromatic nitrogens is 3. The third-order valence-corrected chi connectivity index (χ3v) is 5.33. The average Bonchev–Trinajstić information content (AvgIpc) is 3.15. The molecule has 0 bridgehead atoms. The van der Waals surface area contributed by atoms with Crippen molar-refractivity contribution in [3.8, 4) is 0 Å². The van der Waals surface area contributed by atoms with Gasteiger partial charge in [0.25, 0.3) is 5.91 Å². The van der Waals surface area contributed by atoms with E-state index in [1.165, 1.54) is 5.56 Å². The van der Waals surface area contributed by atoms with Crippen LogP contribution in [-0.2, 0) is 11.3 Å². The zero-order valence-electron chi connectivity index (χ0n) is 16.9. The molecular weight excluding hydrogens is 360 g/mol. The molecule has 4 aromatic rings. The Morgan fingerprint density at radius 3 is 2.28 bits per heavy atom. The number of benzene rings is 3. The van der Waals surface area contributed by atoms with Gasteiger partial charge in [-0.15, -0.1) is 5.10 Å². The van der Waals surface area contributed by atoms with Crippen LogP contribution in [0.5, 0.6) is 0 Å². The molecule has 146 valence electrons. The van der Waals surface area contributed by atoms with Crippen LogP contribution in [0.15, 0.2) is 72.8 Å². The molecule has 4 rings (SSSR count). The summed E-state index contributed by atoms with van der Waals surface area (Å²) in [4.78, 5) is 15.4. The van der Waals surface area contributed by atoms with Crippen LogP contribution in [-0.4, -0.2) is 20.9 Å². The van der Waals surface area contributed by atoms with Crippen molar-refractivity contribution in [3.05, 3.63) is 89.5 Å². The van der Waals surface area contributed by atoms with Gasteiger partial charge in [-0.05, 0) is 61.7 Å². The number of para-hydroxylation sites is 1. The lowest BCUT2D eigenvalue weighted by Crippen LogP contribution is -2.36. The maximum atomic E-state index is 13.6. The Hall–Kier alpha value is -3.47. The second kappa shape index (κ2) is 7.87. The van der Waals surface area contributed by atoms with Crippen molar-refractivity contribution in [2.24, 2.45) is 0 Å². The lowest BCUT2D eigenvalue weighted by molar-refractivity contribution is -0.121. The molecule has 0 N–H and O–H groups in total. The number of hydrogen-bond acceptors (Lipinski definition) is 3. The number of hydrogen-bond donors (Lipinski definition) is 0. The quantitative estimate of drug-likeness (QED) is 0.495. The van der Waals surface area contributed by atoms with Gasteiger partial charge in [-0.1, -0.05) is 53.7 Å². The molecule has 0 aliphatic carbocycles. The predicted molar refractivity (Wildman–Crippen MR) is 116 cm³/mol. The molecule has 0 radical (unpaired) electrons. The number of rotatable bonds is 5. The van der Waals surface area contributed by atoms with Crippen molar-refractivity contribution in [2.75, 3.05) is 4.90 Å². The van der Waals surface area contributed by atoms with Crippen LogP contribution in [0, 0.1) is 13.8 Å². The standard InChI is InChI=1S/C24H24N4O/c1-17-14-22-23(15-18(17)2)28(26-25-22)19(3)24(29)27(21-12-8-5-9-13-21)16-20-10-6-4-7-11-20/h4-15,19H,16H2,1-3H3. The van der Waals surface area contributed by atoms with Gasteiger partial charge in [-0.2, -0.15) is 0 Å². The van der Waals surface area contributed by atoms with E-state index < -0.39 is 6.04 Å². The molecular formula is C24H24N4O. The van der Waals surface area contributed by atoms with E-state index in [9.17, 15) is 4.79 Å². The summed E-state index contributed by atoms with van der Waals surface area (Å²) in [6, 6.07) is 23.4. The number of aryl methyl sites for hydroxylation is 2. The fraction of sp³-hybridized carbons (Fsp3) is 0.208. The van der Waals surface area contributed by atoms with Crippen molar-refractivity contribution >= 4 is 22.6 Å². The van der Waals surface area contributed by atoms with Crippen LogP contribution in [0.3, 0.4) is 0 Å². The van der Waals surface area contributed by atoms with Crippen LogP contribution in [0.25, 0.3) is 11.0 Å². The first kappa shape index (κ1) is 18.9. The first-order chi connectivity index (χ1) is 14.0. The molecule has 1 amide bonds. The zero-order valence-corrected chi connectivity index (χ0v) is 16.9. The Morgan fingerprint density at radius 2 is 1.59 bits per heavy atom. The highest BCUT2D eigenvalue weighted by Crippen LogP contribution is 2.24. The van der Waals surface area contributed by atoms with Crippen LogP contribution in [0.1, 0.15) is 29.7 Å². The molecule has 1 unspecified atom stereocenters. The molecule has 29 heavy (non-hydrogen) atoms. The molecule has 1 atom stereocenters. The SMILES string of the molecule is Cc1cc2nnn(C(C)C(=O)N(Cc3ccccc3)c3ccccc3)c2cc1C. The molecule has 3 aromatic carbocycles. The molecule has 5 nitrogen and oxygen atoms in total. The third kappa shape index (κ3) is 3.76. The van der Waals surface area contributed by atoms with Crippen molar-refractivity contribution < 1.29 is 4.79 Å². The van der Waals surface area contributed by atoms with Crippen molar-refractivity contribution in [1.82, 2.24) is 15.0 Å². The summed E-state index contributed by atoms with van der Waals surface area (Å²) in [6.07, 6.45) is 0. The number of amides is 1. The van der Waals surface area contributed by atoms with Crippen LogP contribution in [0.2, 0.25) is 0 Å². The predicted octanol–water partition coefficient (Wildman–Crippen LogP) is 4.84. The molecule has 0 saturated carbocycles. The number of nitrogens with zero attached hydrogens (tertiary/aromatic N) is 4. The molecule has 1 aromatic heterocycles. The first-order valence-electron chi connectivity index (χ1n) is 9.77. The van der Waals surface area contributed by atoms with Gasteiger partial charge in [0.1, 0.15) is 11.6 Å². The van der Waals surface area contributed by atoms with E-state index in [1.54, 1.807) is 4.68 Å². The van der Waals surface area contributed by atoms with E-state index in [2.05, 4.69) is 30.2 Å². The summed E-state index contributed by atoms with van der Waals surface area (Å²) in [5.41, 5.74) is 5.95. The highest BCUT2D eigenvalue weighted by atomic mass is 16.2. The molecule has 0 spiro atoms. The van der Waals surface area contributed by atoms with Gasteiger partial charge in [0.2, 0.25) is 0 Å². The first-order valence-corrected chi connectivity index (χ1v) is 9.77. The number of carbonyl (C=O) groups excluding carboxylic acids is 1. The summed E-state index contributed by atoms with van der Waals surface area (Å²) in [5.74, 6) is -0.0231. The van der Waals surface area contributed by atoms with E-state index in [-0.39, 0.29) is 5.91 Å². The largest absolute Gasteiger partial charge is 0.306 e. The second-order valence-corrected chi connectivity index (χ2v) is 7.38. The number of anilines is 1. The lowest BCUT2D eigenvalue weighted by atomic mass is 10.1. The lowest BCUT2D eigenvalue weighted by Gasteiger charge is -2.26. The Bertz CT molecular complexity index is 1140. The summed E-state index contributed by atoms with van der Waals surface area (Å²) < 4.78 is 1.73. The van der Waals surface area contributed by atoms with E-state index in [0.717, 1.165) is 27.8 Å². The van der Waals surface area contributed by atoms with E-state index in [1.807, 2.05) is 78.6 Å². The van der Waals surface area contributed by atoms with Gasteiger partial charge in [-0.3, -0.25) is 4.79 Å². The highest BCUT2D eigenvalue weighted by Gasteiger charge is 2.26. The highest BCUT2D eigenvalue weighted by molar-refractivity contribution is 5.96. The number of carbonyl (C=O) groups is 1. The second-order valence-electron chi connectivity index (χ2n) is 7.38. The maximum Gasteiger partial charge on any atom is 0.251 e. The molecule has 0 fully saturated rings. The molecule has 0 saturated heterocycles. The van der Waals surface area contributed by atoms with Gasteiger partial charge in [0.15, 0.2) is 0 Å². The van der Waals surface area contributed by atoms with Gasteiger partial charge in [-0.25, -0.2) is 4.68 Å². The molecule has 0 aliphatic rings.